The molecule has 0 spiro atoms. The van der Waals surface area contributed by atoms with E-state index in [1.165, 1.54) is 5.56 Å². The van der Waals surface area contributed by atoms with E-state index < -0.39 is 0 Å². The molecule has 3 rings (SSSR count). The van der Waals surface area contributed by atoms with E-state index in [0.717, 1.165) is 21.5 Å². The summed E-state index contributed by atoms with van der Waals surface area (Å²) in [5, 5.41) is 3.91. The molecule has 0 saturated carbocycles. The molecule has 0 amide bonds. The van der Waals surface area contributed by atoms with Crippen LogP contribution in [-0.2, 0) is 6.61 Å². The van der Waals surface area contributed by atoms with Crippen LogP contribution in [0.4, 0.5) is 0 Å². The van der Waals surface area contributed by atoms with Crippen LogP contribution in [0.2, 0.25) is 5.02 Å². The fourth-order valence-electron chi connectivity index (χ4n) is 2.32. The minimum absolute atomic E-state index is 0.259. The summed E-state index contributed by atoms with van der Waals surface area (Å²) in [6.45, 7) is 1.09. The van der Waals surface area contributed by atoms with Crippen molar-refractivity contribution in [3.8, 4) is 11.5 Å². The van der Waals surface area contributed by atoms with Crippen molar-refractivity contribution in [2.24, 2.45) is 0 Å². The Hall–Kier alpha value is -1.23. The number of likely N-dealkylation sites (N-methyl/N-ethyl adjacent to an activating group) is 1. The van der Waals surface area contributed by atoms with Gasteiger partial charge in [0.05, 0.1) is 6.04 Å². The van der Waals surface area contributed by atoms with E-state index in [1.54, 1.807) is 0 Å². The van der Waals surface area contributed by atoms with Gasteiger partial charge in [-0.1, -0.05) is 33.6 Å². The number of hydrogen-bond acceptors (Lipinski definition) is 3. The van der Waals surface area contributed by atoms with Crippen molar-refractivity contribution >= 4 is 27.5 Å². The van der Waals surface area contributed by atoms with Gasteiger partial charge in [-0.15, -0.1) is 0 Å². The normalized spacial score (nSPS) is 16.4. The van der Waals surface area contributed by atoms with Crippen LogP contribution in [0.5, 0.6) is 11.5 Å². The number of fused-ring (bicyclic) bond motifs is 1. The standard InChI is InChI=1S/C16H15BrClNO2/c1-19-15-9-21-16-7-12(4-5-13(15)16)20-8-10-2-3-11(17)6-14(10)18/h2-7,15,19H,8-9H2,1H3. The second-order valence-electron chi connectivity index (χ2n) is 4.88. The molecule has 1 aliphatic rings. The zero-order valence-corrected chi connectivity index (χ0v) is 13.9. The van der Waals surface area contributed by atoms with Crippen LogP contribution in [0.25, 0.3) is 0 Å². The molecule has 0 bridgehead atoms. The van der Waals surface area contributed by atoms with Gasteiger partial charge in [-0.2, -0.15) is 0 Å². The van der Waals surface area contributed by atoms with Gasteiger partial charge in [-0.05, 0) is 31.3 Å². The van der Waals surface area contributed by atoms with Crippen molar-refractivity contribution in [1.82, 2.24) is 5.32 Å². The molecule has 2 aromatic rings. The molecule has 3 nitrogen and oxygen atoms in total. The fourth-order valence-corrected chi connectivity index (χ4v) is 3.05. The van der Waals surface area contributed by atoms with Gasteiger partial charge >= 0.3 is 0 Å². The Balaban J connectivity index is 1.72. The molecule has 1 atom stereocenters. The number of hydrogen-bond donors (Lipinski definition) is 1. The third-order valence-electron chi connectivity index (χ3n) is 3.52. The predicted octanol–water partition coefficient (Wildman–Crippen LogP) is 4.33. The fraction of sp³-hybridized carbons (Fsp3) is 0.250. The van der Waals surface area contributed by atoms with Crippen molar-refractivity contribution in [2.45, 2.75) is 12.6 Å². The molecule has 21 heavy (non-hydrogen) atoms. The molecule has 1 aliphatic heterocycles. The Morgan fingerprint density at radius 3 is 2.95 bits per heavy atom. The molecule has 1 N–H and O–H groups in total. The Morgan fingerprint density at radius 2 is 2.19 bits per heavy atom. The molecule has 0 saturated heterocycles. The first-order valence-corrected chi connectivity index (χ1v) is 7.85. The van der Waals surface area contributed by atoms with Crippen molar-refractivity contribution in [2.75, 3.05) is 13.7 Å². The van der Waals surface area contributed by atoms with Gasteiger partial charge in [0.2, 0.25) is 0 Å². The van der Waals surface area contributed by atoms with Crippen LogP contribution in [-0.4, -0.2) is 13.7 Å². The second-order valence-corrected chi connectivity index (χ2v) is 6.20. The van der Waals surface area contributed by atoms with E-state index in [2.05, 4.69) is 21.2 Å². The Morgan fingerprint density at radius 1 is 1.33 bits per heavy atom. The molecule has 1 unspecified atom stereocenters. The average Bonchev–Trinajstić information content (AvgIpc) is 2.88. The molecule has 1 heterocycles. The minimum atomic E-state index is 0.259. The lowest BCUT2D eigenvalue weighted by atomic mass is 10.1. The predicted molar refractivity (Wildman–Crippen MR) is 87.2 cm³/mol. The highest BCUT2D eigenvalue weighted by Gasteiger charge is 2.22. The summed E-state index contributed by atoms with van der Waals surface area (Å²) in [6, 6.07) is 12.0. The second kappa shape index (κ2) is 6.26. The van der Waals surface area contributed by atoms with E-state index in [-0.39, 0.29) is 6.04 Å². The van der Waals surface area contributed by atoms with Crippen LogP contribution in [0.15, 0.2) is 40.9 Å². The lowest BCUT2D eigenvalue weighted by Crippen LogP contribution is -2.17. The Kier molecular flexibility index (Phi) is 4.38. The number of rotatable bonds is 4. The largest absolute Gasteiger partial charge is 0.491 e. The van der Waals surface area contributed by atoms with E-state index >= 15 is 0 Å². The van der Waals surface area contributed by atoms with E-state index in [9.17, 15) is 0 Å². The zero-order chi connectivity index (χ0) is 14.8. The van der Waals surface area contributed by atoms with Crippen LogP contribution >= 0.6 is 27.5 Å². The van der Waals surface area contributed by atoms with E-state index in [1.807, 2.05) is 43.4 Å². The van der Waals surface area contributed by atoms with Crippen LogP contribution in [0.1, 0.15) is 17.2 Å². The lowest BCUT2D eigenvalue weighted by molar-refractivity contribution is 0.299. The van der Waals surface area contributed by atoms with E-state index in [4.69, 9.17) is 21.1 Å². The molecule has 2 aromatic carbocycles. The molecule has 0 radical (unpaired) electrons. The van der Waals surface area contributed by atoms with E-state index in [0.29, 0.717) is 18.2 Å². The van der Waals surface area contributed by atoms with Crippen LogP contribution in [0, 0.1) is 0 Å². The van der Waals surface area contributed by atoms with Gasteiger partial charge in [0.15, 0.2) is 0 Å². The van der Waals surface area contributed by atoms with Gasteiger partial charge in [0.1, 0.15) is 24.7 Å². The van der Waals surface area contributed by atoms with Crippen molar-refractivity contribution in [1.29, 1.82) is 0 Å². The Bertz CT molecular complexity index is 663. The van der Waals surface area contributed by atoms with Gasteiger partial charge in [0.25, 0.3) is 0 Å². The molecule has 5 heteroatoms. The van der Waals surface area contributed by atoms with Gasteiger partial charge in [0, 0.05) is 26.7 Å². The number of halogens is 2. The Labute approximate surface area is 137 Å². The number of benzene rings is 2. The SMILES string of the molecule is CNC1COc2cc(OCc3ccc(Br)cc3Cl)ccc21. The van der Waals surface area contributed by atoms with Crippen LogP contribution in [0.3, 0.4) is 0 Å². The quantitative estimate of drug-likeness (QED) is 0.871. The highest BCUT2D eigenvalue weighted by atomic mass is 79.9. The monoisotopic (exact) mass is 367 g/mol. The maximum absolute atomic E-state index is 6.18. The minimum Gasteiger partial charge on any atom is -0.491 e. The number of ether oxygens (including phenoxy) is 2. The summed E-state index contributed by atoms with van der Waals surface area (Å²) < 4.78 is 12.4. The molecular weight excluding hydrogens is 354 g/mol. The molecule has 0 aromatic heterocycles. The van der Waals surface area contributed by atoms with Crippen molar-refractivity contribution in [3.05, 3.63) is 57.0 Å². The third kappa shape index (κ3) is 3.18. The number of nitrogens with one attached hydrogen (secondary N) is 1. The van der Waals surface area contributed by atoms with Gasteiger partial charge < -0.3 is 14.8 Å². The van der Waals surface area contributed by atoms with Crippen molar-refractivity contribution < 1.29 is 9.47 Å². The first kappa shape index (κ1) is 14.7. The molecule has 110 valence electrons. The third-order valence-corrected chi connectivity index (χ3v) is 4.37. The first-order chi connectivity index (χ1) is 10.2. The topological polar surface area (TPSA) is 30.5 Å². The molecule has 0 fully saturated rings. The maximum Gasteiger partial charge on any atom is 0.127 e. The average molecular weight is 369 g/mol. The van der Waals surface area contributed by atoms with Gasteiger partial charge in [-0.3, -0.25) is 0 Å². The smallest absolute Gasteiger partial charge is 0.127 e. The first-order valence-electron chi connectivity index (χ1n) is 6.68. The summed E-state index contributed by atoms with van der Waals surface area (Å²) in [4.78, 5) is 0. The summed E-state index contributed by atoms with van der Waals surface area (Å²) in [5.41, 5.74) is 2.13. The molecular formula is C16H15BrClNO2. The van der Waals surface area contributed by atoms with Gasteiger partial charge in [-0.25, -0.2) is 0 Å². The maximum atomic E-state index is 6.18. The summed E-state index contributed by atoms with van der Waals surface area (Å²) in [6.07, 6.45) is 0. The lowest BCUT2D eigenvalue weighted by Gasteiger charge is -2.10. The summed E-state index contributed by atoms with van der Waals surface area (Å²) in [7, 11) is 1.93. The van der Waals surface area contributed by atoms with Crippen molar-refractivity contribution in [3.63, 3.8) is 0 Å². The highest BCUT2D eigenvalue weighted by molar-refractivity contribution is 9.10. The zero-order valence-electron chi connectivity index (χ0n) is 11.5. The van der Waals surface area contributed by atoms with Crippen LogP contribution < -0.4 is 14.8 Å². The summed E-state index contributed by atoms with van der Waals surface area (Å²) in [5.74, 6) is 1.67. The highest BCUT2D eigenvalue weighted by Crippen LogP contribution is 2.35. The summed E-state index contributed by atoms with van der Waals surface area (Å²) >= 11 is 9.58. The molecule has 0 aliphatic carbocycles.